The van der Waals surface area contributed by atoms with Gasteiger partial charge in [-0.2, -0.15) is 0 Å². The molecule has 0 saturated heterocycles. The Labute approximate surface area is 126 Å². The Morgan fingerprint density at radius 3 is 2.50 bits per heavy atom. The Kier molecular flexibility index (Phi) is 5.21. The Bertz CT molecular complexity index is 594. The molecule has 1 N–H and O–H groups in total. The number of aromatic nitrogens is 1. The minimum Gasteiger partial charge on any atom is -0.313 e. The summed E-state index contributed by atoms with van der Waals surface area (Å²) in [5.74, 6) is 0. The molecule has 20 heavy (non-hydrogen) atoms. The topological polar surface area (TPSA) is 24.9 Å². The van der Waals surface area contributed by atoms with E-state index in [1.807, 2.05) is 6.20 Å². The van der Waals surface area contributed by atoms with Crippen LogP contribution in [0.3, 0.4) is 0 Å². The molecule has 0 amide bonds. The fourth-order valence-corrected chi connectivity index (χ4v) is 2.90. The molecule has 3 heteroatoms. The second kappa shape index (κ2) is 6.91. The second-order valence-electron chi connectivity index (χ2n) is 5.09. The van der Waals surface area contributed by atoms with E-state index in [1.165, 1.54) is 27.1 Å². The van der Waals surface area contributed by atoms with Gasteiger partial charge in [-0.15, -0.1) is 0 Å². The van der Waals surface area contributed by atoms with Gasteiger partial charge in [0.2, 0.25) is 0 Å². The van der Waals surface area contributed by atoms with Gasteiger partial charge in [-0.25, -0.2) is 4.98 Å². The standard InChI is InChI=1S/C17H22N2S/c1-5-18-10-15-8-14(4)17(19-11-15)20-16-7-6-12(2)13(3)9-16/h6-9,11,18H,5,10H2,1-4H3. The van der Waals surface area contributed by atoms with E-state index in [2.05, 4.69) is 62.3 Å². The summed E-state index contributed by atoms with van der Waals surface area (Å²) in [4.78, 5) is 5.85. The largest absolute Gasteiger partial charge is 0.313 e. The summed E-state index contributed by atoms with van der Waals surface area (Å²) in [5.41, 5.74) is 5.15. The molecule has 0 fully saturated rings. The zero-order valence-electron chi connectivity index (χ0n) is 12.7. The van der Waals surface area contributed by atoms with Crippen molar-refractivity contribution in [3.63, 3.8) is 0 Å². The van der Waals surface area contributed by atoms with Crippen LogP contribution in [-0.4, -0.2) is 11.5 Å². The molecule has 106 valence electrons. The van der Waals surface area contributed by atoms with Crippen molar-refractivity contribution < 1.29 is 0 Å². The molecule has 1 aromatic carbocycles. The summed E-state index contributed by atoms with van der Waals surface area (Å²) in [6, 6.07) is 8.79. The quantitative estimate of drug-likeness (QED) is 0.888. The van der Waals surface area contributed by atoms with Crippen LogP contribution < -0.4 is 5.32 Å². The molecule has 0 aliphatic heterocycles. The molecule has 0 saturated carbocycles. The van der Waals surface area contributed by atoms with Crippen molar-refractivity contribution in [2.75, 3.05) is 6.54 Å². The number of rotatable bonds is 5. The summed E-state index contributed by atoms with van der Waals surface area (Å²) < 4.78 is 0. The predicted molar refractivity (Wildman–Crippen MR) is 86.4 cm³/mol. The number of nitrogens with zero attached hydrogens (tertiary/aromatic N) is 1. The molecule has 0 bridgehead atoms. The molecule has 2 rings (SSSR count). The van der Waals surface area contributed by atoms with Gasteiger partial charge in [0.15, 0.2) is 0 Å². The van der Waals surface area contributed by atoms with Gasteiger partial charge in [0.25, 0.3) is 0 Å². The van der Waals surface area contributed by atoms with Crippen molar-refractivity contribution in [2.24, 2.45) is 0 Å². The van der Waals surface area contributed by atoms with Crippen LogP contribution in [-0.2, 0) is 6.54 Å². The van der Waals surface area contributed by atoms with E-state index in [0.717, 1.165) is 18.1 Å². The Balaban J connectivity index is 2.14. The van der Waals surface area contributed by atoms with E-state index in [9.17, 15) is 0 Å². The third kappa shape index (κ3) is 3.84. The van der Waals surface area contributed by atoms with Crippen LogP contribution in [0.2, 0.25) is 0 Å². The van der Waals surface area contributed by atoms with Crippen LogP contribution in [0.5, 0.6) is 0 Å². The highest BCUT2D eigenvalue weighted by atomic mass is 32.2. The molecule has 2 aromatic rings. The fraction of sp³-hybridized carbons (Fsp3) is 0.353. The van der Waals surface area contributed by atoms with Gasteiger partial charge in [-0.1, -0.05) is 30.8 Å². The minimum atomic E-state index is 0.888. The molecule has 0 unspecified atom stereocenters. The van der Waals surface area contributed by atoms with Crippen LogP contribution in [0, 0.1) is 20.8 Å². The van der Waals surface area contributed by atoms with Crippen molar-refractivity contribution >= 4 is 11.8 Å². The molecule has 0 radical (unpaired) electrons. The maximum Gasteiger partial charge on any atom is 0.104 e. The summed E-state index contributed by atoms with van der Waals surface area (Å²) in [7, 11) is 0. The molecule has 0 spiro atoms. The predicted octanol–water partition coefficient (Wildman–Crippen LogP) is 4.27. The van der Waals surface area contributed by atoms with E-state index in [1.54, 1.807) is 11.8 Å². The van der Waals surface area contributed by atoms with Gasteiger partial charge >= 0.3 is 0 Å². The lowest BCUT2D eigenvalue weighted by atomic mass is 10.1. The number of nitrogens with one attached hydrogen (secondary N) is 1. The third-order valence-corrected chi connectivity index (χ3v) is 4.47. The van der Waals surface area contributed by atoms with Gasteiger partial charge in [-0.3, -0.25) is 0 Å². The maximum absolute atomic E-state index is 4.60. The molecule has 0 aliphatic rings. The van der Waals surface area contributed by atoms with Crippen molar-refractivity contribution in [2.45, 2.75) is 44.2 Å². The highest BCUT2D eigenvalue weighted by Crippen LogP contribution is 2.30. The van der Waals surface area contributed by atoms with Gasteiger partial charge in [0, 0.05) is 17.6 Å². The monoisotopic (exact) mass is 286 g/mol. The van der Waals surface area contributed by atoms with E-state index in [-0.39, 0.29) is 0 Å². The number of benzene rings is 1. The van der Waals surface area contributed by atoms with Gasteiger partial charge < -0.3 is 5.32 Å². The highest BCUT2D eigenvalue weighted by Gasteiger charge is 2.05. The molecular formula is C17H22N2S. The number of hydrogen-bond donors (Lipinski definition) is 1. The molecule has 0 aliphatic carbocycles. The highest BCUT2D eigenvalue weighted by molar-refractivity contribution is 7.99. The van der Waals surface area contributed by atoms with E-state index in [0.29, 0.717) is 0 Å². The molecule has 1 aromatic heterocycles. The van der Waals surface area contributed by atoms with Crippen molar-refractivity contribution in [3.8, 4) is 0 Å². The fourth-order valence-electron chi connectivity index (χ4n) is 1.98. The average Bonchev–Trinajstić information content (AvgIpc) is 2.43. The first-order chi connectivity index (χ1) is 9.60. The first kappa shape index (κ1) is 15.1. The van der Waals surface area contributed by atoms with Crippen LogP contribution >= 0.6 is 11.8 Å². The third-order valence-electron chi connectivity index (χ3n) is 3.36. The van der Waals surface area contributed by atoms with Gasteiger partial charge in [0.05, 0.1) is 0 Å². The maximum atomic E-state index is 4.60. The summed E-state index contributed by atoms with van der Waals surface area (Å²) in [6.45, 7) is 10.4. The molecule has 2 nitrogen and oxygen atoms in total. The van der Waals surface area contributed by atoms with E-state index in [4.69, 9.17) is 0 Å². The lowest BCUT2D eigenvalue weighted by Gasteiger charge is -2.09. The van der Waals surface area contributed by atoms with Crippen molar-refractivity contribution in [3.05, 3.63) is 52.7 Å². The Morgan fingerprint density at radius 2 is 1.85 bits per heavy atom. The molecule has 0 atom stereocenters. The van der Waals surface area contributed by atoms with E-state index < -0.39 is 0 Å². The van der Waals surface area contributed by atoms with Crippen molar-refractivity contribution in [1.29, 1.82) is 0 Å². The van der Waals surface area contributed by atoms with E-state index >= 15 is 0 Å². The minimum absolute atomic E-state index is 0.888. The lowest BCUT2D eigenvalue weighted by molar-refractivity contribution is 0.721. The summed E-state index contributed by atoms with van der Waals surface area (Å²) >= 11 is 1.74. The Hall–Kier alpha value is -1.32. The molecule has 1 heterocycles. The van der Waals surface area contributed by atoms with Gasteiger partial charge in [-0.05, 0) is 61.7 Å². The first-order valence-corrected chi connectivity index (χ1v) is 7.83. The first-order valence-electron chi connectivity index (χ1n) is 7.01. The summed E-state index contributed by atoms with van der Waals surface area (Å²) in [6.07, 6.45) is 1.97. The molecular weight excluding hydrogens is 264 g/mol. The zero-order valence-corrected chi connectivity index (χ0v) is 13.5. The smallest absolute Gasteiger partial charge is 0.104 e. The van der Waals surface area contributed by atoms with Crippen LogP contribution in [0.4, 0.5) is 0 Å². The lowest BCUT2D eigenvalue weighted by Crippen LogP contribution is -2.12. The van der Waals surface area contributed by atoms with Crippen LogP contribution in [0.25, 0.3) is 0 Å². The SMILES string of the molecule is CCNCc1cnc(Sc2ccc(C)c(C)c2)c(C)c1. The second-order valence-corrected chi connectivity index (χ2v) is 6.16. The van der Waals surface area contributed by atoms with Gasteiger partial charge in [0.1, 0.15) is 5.03 Å². The summed E-state index contributed by atoms with van der Waals surface area (Å²) in [5, 5.41) is 4.42. The van der Waals surface area contributed by atoms with Crippen molar-refractivity contribution in [1.82, 2.24) is 10.3 Å². The number of hydrogen-bond acceptors (Lipinski definition) is 3. The Morgan fingerprint density at radius 1 is 1.05 bits per heavy atom. The van der Waals surface area contributed by atoms with Crippen LogP contribution in [0.1, 0.15) is 29.2 Å². The number of aryl methyl sites for hydroxylation is 3. The number of pyridine rings is 1. The normalized spacial score (nSPS) is 10.8. The average molecular weight is 286 g/mol. The zero-order chi connectivity index (χ0) is 14.5. The van der Waals surface area contributed by atoms with Crippen LogP contribution in [0.15, 0.2) is 40.4 Å².